The molecule has 0 saturated carbocycles. The van der Waals surface area contributed by atoms with Crippen LogP contribution in [0.15, 0.2) is 45.4 Å². The fourth-order valence-corrected chi connectivity index (χ4v) is 1.86. The fourth-order valence-electron chi connectivity index (χ4n) is 1.86. The average Bonchev–Trinajstić information content (AvgIpc) is 3.17. The molecular formula is C14H8N2O6. The molecule has 0 amide bonds. The summed E-state index contributed by atoms with van der Waals surface area (Å²) in [5.41, 5.74) is 1.91. The molecule has 0 radical (unpaired) electrons. The number of rotatable bonds is 4. The molecule has 0 aliphatic rings. The van der Waals surface area contributed by atoms with E-state index < -0.39 is 11.9 Å². The molecule has 0 atom stereocenters. The number of carboxylic acid groups (broad SMARTS) is 2. The highest BCUT2D eigenvalue weighted by molar-refractivity contribution is 5.87. The van der Waals surface area contributed by atoms with Crippen LogP contribution < -0.4 is 0 Å². The van der Waals surface area contributed by atoms with E-state index in [1.165, 1.54) is 12.1 Å². The fraction of sp³-hybridized carbons (Fsp3) is 0. The van der Waals surface area contributed by atoms with Crippen LogP contribution in [0.5, 0.6) is 0 Å². The zero-order chi connectivity index (χ0) is 15.7. The Morgan fingerprint density at radius 2 is 1.27 bits per heavy atom. The van der Waals surface area contributed by atoms with Gasteiger partial charge in [0, 0.05) is 23.3 Å². The van der Waals surface area contributed by atoms with Crippen molar-refractivity contribution in [2.24, 2.45) is 0 Å². The van der Waals surface area contributed by atoms with Gasteiger partial charge in [0.15, 0.2) is 0 Å². The van der Waals surface area contributed by atoms with Crippen LogP contribution in [0, 0.1) is 0 Å². The highest BCUT2D eigenvalue weighted by atomic mass is 16.5. The third-order valence-corrected chi connectivity index (χ3v) is 2.90. The Morgan fingerprint density at radius 3 is 1.64 bits per heavy atom. The molecule has 8 nitrogen and oxygen atoms in total. The average molecular weight is 300 g/mol. The normalized spacial score (nSPS) is 10.5. The molecule has 2 aromatic heterocycles. The SMILES string of the molecule is O=C(O)c1cc(-c2cccc(-c3cc(C(=O)O)on3)c2)no1. The first-order valence-corrected chi connectivity index (χ1v) is 6.05. The van der Waals surface area contributed by atoms with Crippen molar-refractivity contribution in [2.75, 3.05) is 0 Å². The third-order valence-electron chi connectivity index (χ3n) is 2.90. The number of aromatic carboxylic acids is 2. The van der Waals surface area contributed by atoms with Gasteiger partial charge < -0.3 is 19.3 Å². The first-order chi connectivity index (χ1) is 10.5. The number of hydrogen-bond donors (Lipinski definition) is 2. The van der Waals surface area contributed by atoms with Gasteiger partial charge in [-0.1, -0.05) is 28.5 Å². The summed E-state index contributed by atoms with van der Waals surface area (Å²) >= 11 is 0. The van der Waals surface area contributed by atoms with Gasteiger partial charge in [0.05, 0.1) is 0 Å². The topological polar surface area (TPSA) is 127 Å². The number of carbonyl (C=O) groups is 2. The molecule has 0 unspecified atom stereocenters. The molecule has 22 heavy (non-hydrogen) atoms. The maximum Gasteiger partial charge on any atom is 0.374 e. The minimum atomic E-state index is -1.21. The van der Waals surface area contributed by atoms with Crippen LogP contribution in [0.2, 0.25) is 0 Å². The predicted molar refractivity (Wildman–Crippen MR) is 71.4 cm³/mol. The Bertz CT molecular complexity index is 796. The molecule has 110 valence electrons. The maximum absolute atomic E-state index is 10.8. The van der Waals surface area contributed by atoms with Crippen LogP contribution in [0.1, 0.15) is 21.1 Å². The summed E-state index contributed by atoms with van der Waals surface area (Å²) in [5, 5.41) is 25.0. The van der Waals surface area contributed by atoms with Crippen molar-refractivity contribution in [3.8, 4) is 22.5 Å². The van der Waals surface area contributed by atoms with Gasteiger partial charge in [0.2, 0.25) is 11.5 Å². The summed E-state index contributed by atoms with van der Waals surface area (Å²) in [5.74, 6) is -2.96. The quantitative estimate of drug-likeness (QED) is 0.751. The van der Waals surface area contributed by atoms with Crippen molar-refractivity contribution in [3.05, 3.63) is 47.9 Å². The molecule has 2 N–H and O–H groups in total. The van der Waals surface area contributed by atoms with Crippen molar-refractivity contribution in [2.45, 2.75) is 0 Å². The summed E-state index contributed by atoms with van der Waals surface area (Å²) in [4.78, 5) is 21.6. The van der Waals surface area contributed by atoms with Gasteiger partial charge in [0.1, 0.15) is 11.4 Å². The summed E-state index contributed by atoms with van der Waals surface area (Å²) in [6, 6.07) is 9.40. The van der Waals surface area contributed by atoms with Gasteiger partial charge in [-0.05, 0) is 6.07 Å². The van der Waals surface area contributed by atoms with Crippen LogP contribution in [-0.2, 0) is 0 Å². The Balaban J connectivity index is 1.97. The lowest BCUT2D eigenvalue weighted by atomic mass is 10.1. The van der Waals surface area contributed by atoms with Crippen molar-refractivity contribution < 1.29 is 28.8 Å². The molecule has 3 aromatic rings. The molecule has 8 heteroatoms. The minimum absolute atomic E-state index is 0.269. The highest BCUT2D eigenvalue weighted by Gasteiger charge is 2.15. The molecule has 3 rings (SSSR count). The van der Waals surface area contributed by atoms with E-state index in [-0.39, 0.29) is 11.5 Å². The molecule has 0 spiro atoms. The second-order valence-electron chi connectivity index (χ2n) is 4.34. The van der Waals surface area contributed by atoms with E-state index in [1.54, 1.807) is 24.3 Å². The minimum Gasteiger partial charge on any atom is -0.475 e. The molecule has 0 saturated heterocycles. The lowest BCUT2D eigenvalue weighted by molar-refractivity contribution is 0.0642. The molecule has 2 heterocycles. The summed E-state index contributed by atoms with van der Waals surface area (Å²) < 4.78 is 9.40. The van der Waals surface area contributed by atoms with E-state index in [0.717, 1.165) is 0 Å². The van der Waals surface area contributed by atoms with Gasteiger partial charge in [-0.15, -0.1) is 0 Å². The zero-order valence-corrected chi connectivity index (χ0v) is 10.9. The molecular weight excluding hydrogens is 292 g/mol. The van der Waals surface area contributed by atoms with E-state index >= 15 is 0 Å². The number of hydrogen-bond acceptors (Lipinski definition) is 6. The van der Waals surface area contributed by atoms with E-state index in [0.29, 0.717) is 22.5 Å². The Labute approximate surface area is 122 Å². The lowest BCUT2D eigenvalue weighted by Crippen LogP contribution is -1.91. The predicted octanol–water partition coefficient (Wildman–Crippen LogP) is 2.39. The van der Waals surface area contributed by atoms with Gasteiger partial charge in [-0.25, -0.2) is 9.59 Å². The Hall–Kier alpha value is -3.42. The number of carboxylic acids is 2. The second kappa shape index (κ2) is 5.17. The van der Waals surface area contributed by atoms with Crippen LogP contribution in [0.4, 0.5) is 0 Å². The lowest BCUT2D eigenvalue weighted by Gasteiger charge is -1.98. The number of benzene rings is 1. The van der Waals surface area contributed by atoms with Crippen molar-refractivity contribution in [1.82, 2.24) is 10.3 Å². The summed E-state index contributed by atoms with van der Waals surface area (Å²) in [6.07, 6.45) is 0. The van der Waals surface area contributed by atoms with Crippen LogP contribution >= 0.6 is 0 Å². The van der Waals surface area contributed by atoms with Crippen LogP contribution in [0.3, 0.4) is 0 Å². The molecule has 0 bridgehead atoms. The van der Waals surface area contributed by atoms with E-state index in [2.05, 4.69) is 10.3 Å². The molecule has 0 fully saturated rings. The van der Waals surface area contributed by atoms with Crippen LogP contribution in [-0.4, -0.2) is 32.5 Å². The van der Waals surface area contributed by atoms with Crippen LogP contribution in [0.25, 0.3) is 22.5 Å². The second-order valence-corrected chi connectivity index (χ2v) is 4.34. The molecule has 0 aliphatic heterocycles. The molecule has 0 aliphatic carbocycles. The van der Waals surface area contributed by atoms with E-state index in [1.807, 2.05) is 0 Å². The van der Waals surface area contributed by atoms with Gasteiger partial charge in [0.25, 0.3) is 0 Å². The standard InChI is InChI=1S/C14H8N2O6/c17-13(18)11-5-9(15-21-11)7-2-1-3-8(4-7)10-6-12(14(19)20)22-16-10/h1-6H,(H,17,18)(H,19,20). The van der Waals surface area contributed by atoms with Crippen molar-refractivity contribution in [1.29, 1.82) is 0 Å². The number of aromatic nitrogens is 2. The van der Waals surface area contributed by atoms with E-state index in [4.69, 9.17) is 19.3 Å². The first kappa shape index (κ1) is 13.6. The Kier molecular flexibility index (Phi) is 3.18. The highest BCUT2D eigenvalue weighted by Crippen LogP contribution is 2.26. The summed E-state index contributed by atoms with van der Waals surface area (Å²) in [7, 11) is 0. The van der Waals surface area contributed by atoms with Gasteiger partial charge >= 0.3 is 11.9 Å². The first-order valence-electron chi connectivity index (χ1n) is 6.05. The monoisotopic (exact) mass is 300 g/mol. The van der Waals surface area contributed by atoms with Crippen molar-refractivity contribution >= 4 is 11.9 Å². The van der Waals surface area contributed by atoms with E-state index in [9.17, 15) is 9.59 Å². The zero-order valence-electron chi connectivity index (χ0n) is 10.9. The Morgan fingerprint density at radius 1 is 0.818 bits per heavy atom. The van der Waals surface area contributed by atoms with Crippen molar-refractivity contribution in [3.63, 3.8) is 0 Å². The number of nitrogens with zero attached hydrogens (tertiary/aromatic N) is 2. The third kappa shape index (κ3) is 2.44. The van der Waals surface area contributed by atoms with Gasteiger partial charge in [-0.2, -0.15) is 0 Å². The maximum atomic E-state index is 10.8. The van der Waals surface area contributed by atoms with Gasteiger partial charge in [-0.3, -0.25) is 0 Å². The smallest absolute Gasteiger partial charge is 0.374 e. The largest absolute Gasteiger partial charge is 0.475 e. The molecule has 1 aromatic carbocycles. The summed E-state index contributed by atoms with van der Waals surface area (Å²) in [6.45, 7) is 0.